The number of carbonyl (C=O) groups excluding carboxylic acids is 1. The van der Waals surface area contributed by atoms with Gasteiger partial charge in [-0.25, -0.2) is 4.98 Å². The number of hydrogen-bond donors (Lipinski definition) is 1. The minimum absolute atomic E-state index is 0.131. The summed E-state index contributed by atoms with van der Waals surface area (Å²) in [5.41, 5.74) is 5.48. The quantitative estimate of drug-likeness (QED) is 0.593. The lowest BCUT2D eigenvalue weighted by atomic mass is 10.0. The number of benzene rings is 1. The van der Waals surface area contributed by atoms with Crippen molar-refractivity contribution < 1.29 is 4.79 Å². The highest BCUT2D eigenvalue weighted by Gasteiger charge is 2.20. The SMILES string of the molecule is Cn1cc(-c2cc3nccnc3[nH]2)c2cc(C(=O)N3CCCCC3)ccc21. The molecule has 136 valence electrons. The van der Waals surface area contributed by atoms with Crippen molar-refractivity contribution in [1.82, 2.24) is 24.4 Å². The predicted molar refractivity (Wildman–Crippen MR) is 106 cm³/mol. The lowest BCUT2D eigenvalue weighted by Gasteiger charge is -2.26. The standard InChI is InChI=1S/C21H21N5O/c1-25-13-16(17-12-18-20(24-17)23-8-7-22-18)15-11-14(5-6-19(15)25)21(27)26-9-3-2-4-10-26/h5-8,11-13H,2-4,9-10H2,1H3,(H,23,24). The molecule has 4 heterocycles. The molecule has 27 heavy (non-hydrogen) atoms. The molecule has 1 fully saturated rings. The number of rotatable bonds is 2. The number of aryl methyl sites for hydroxylation is 1. The number of H-pyrrole nitrogens is 1. The minimum Gasteiger partial charge on any atom is -0.350 e. The van der Waals surface area contributed by atoms with E-state index in [-0.39, 0.29) is 5.91 Å². The van der Waals surface area contributed by atoms with Gasteiger partial charge in [0.1, 0.15) is 5.52 Å². The van der Waals surface area contributed by atoms with Crippen LogP contribution in [0.15, 0.2) is 42.9 Å². The van der Waals surface area contributed by atoms with E-state index in [1.54, 1.807) is 12.4 Å². The van der Waals surface area contributed by atoms with E-state index in [0.29, 0.717) is 0 Å². The first-order valence-corrected chi connectivity index (χ1v) is 9.39. The average molecular weight is 359 g/mol. The van der Waals surface area contributed by atoms with Crippen LogP contribution >= 0.6 is 0 Å². The molecule has 1 saturated heterocycles. The topological polar surface area (TPSA) is 66.8 Å². The van der Waals surface area contributed by atoms with Crippen molar-refractivity contribution in [2.24, 2.45) is 7.05 Å². The first kappa shape index (κ1) is 16.1. The molecule has 0 aliphatic carbocycles. The van der Waals surface area contributed by atoms with Crippen molar-refractivity contribution in [3.63, 3.8) is 0 Å². The summed E-state index contributed by atoms with van der Waals surface area (Å²) in [6.07, 6.45) is 8.87. The van der Waals surface area contributed by atoms with E-state index in [0.717, 1.165) is 64.8 Å². The summed E-state index contributed by atoms with van der Waals surface area (Å²) >= 11 is 0. The fraction of sp³-hybridized carbons (Fsp3) is 0.286. The molecule has 0 radical (unpaired) electrons. The molecule has 0 bridgehead atoms. The van der Waals surface area contributed by atoms with Gasteiger partial charge in [-0.05, 0) is 43.5 Å². The Balaban J connectivity index is 1.61. The molecule has 1 N–H and O–H groups in total. The van der Waals surface area contributed by atoms with Crippen molar-refractivity contribution in [2.75, 3.05) is 13.1 Å². The van der Waals surface area contributed by atoms with Gasteiger partial charge in [0.2, 0.25) is 0 Å². The van der Waals surface area contributed by atoms with Gasteiger partial charge in [-0.2, -0.15) is 0 Å². The van der Waals surface area contributed by atoms with Crippen molar-refractivity contribution in [2.45, 2.75) is 19.3 Å². The number of carbonyl (C=O) groups is 1. The average Bonchev–Trinajstić information content (AvgIpc) is 3.29. The van der Waals surface area contributed by atoms with Gasteiger partial charge in [-0.3, -0.25) is 9.78 Å². The third-order valence-electron chi connectivity index (χ3n) is 5.43. The molecule has 1 aromatic carbocycles. The highest BCUT2D eigenvalue weighted by molar-refractivity contribution is 6.03. The second-order valence-corrected chi connectivity index (χ2v) is 7.21. The van der Waals surface area contributed by atoms with Gasteiger partial charge in [-0.1, -0.05) is 0 Å². The fourth-order valence-electron chi connectivity index (χ4n) is 4.02. The van der Waals surface area contributed by atoms with Crippen molar-refractivity contribution in [3.05, 3.63) is 48.4 Å². The van der Waals surface area contributed by atoms with Crippen molar-refractivity contribution in [3.8, 4) is 11.3 Å². The maximum atomic E-state index is 12.9. The second kappa shape index (κ2) is 6.23. The Labute approximate surface area is 156 Å². The van der Waals surface area contributed by atoms with Gasteiger partial charge in [0.05, 0.1) is 5.69 Å². The predicted octanol–water partition coefficient (Wildman–Crippen LogP) is 3.74. The van der Waals surface area contributed by atoms with E-state index in [2.05, 4.69) is 25.7 Å². The Bertz CT molecular complexity index is 1120. The van der Waals surface area contributed by atoms with Gasteiger partial charge >= 0.3 is 0 Å². The molecule has 1 aliphatic heterocycles. The lowest BCUT2D eigenvalue weighted by Crippen LogP contribution is -2.35. The van der Waals surface area contributed by atoms with Crippen molar-refractivity contribution in [1.29, 1.82) is 0 Å². The number of piperidine rings is 1. The Kier molecular flexibility index (Phi) is 3.70. The van der Waals surface area contributed by atoms with E-state index in [9.17, 15) is 4.79 Å². The maximum Gasteiger partial charge on any atom is 0.253 e. The van der Waals surface area contributed by atoms with Crippen LogP contribution in [0.3, 0.4) is 0 Å². The molecular formula is C21H21N5O. The van der Waals surface area contributed by atoms with Gasteiger partial charge in [-0.15, -0.1) is 0 Å². The normalized spacial score (nSPS) is 14.9. The van der Waals surface area contributed by atoms with Crippen LogP contribution in [0.1, 0.15) is 29.6 Å². The zero-order valence-corrected chi connectivity index (χ0v) is 15.3. The highest BCUT2D eigenvalue weighted by atomic mass is 16.2. The minimum atomic E-state index is 0.131. The zero-order valence-electron chi connectivity index (χ0n) is 15.3. The number of hydrogen-bond acceptors (Lipinski definition) is 3. The summed E-state index contributed by atoms with van der Waals surface area (Å²) in [5, 5.41) is 1.06. The Morgan fingerprint density at radius 1 is 1.07 bits per heavy atom. The number of aromatic amines is 1. The Hall–Kier alpha value is -3.15. The molecule has 0 spiro atoms. The Morgan fingerprint density at radius 2 is 1.89 bits per heavy atom. The third-order valence-corrected chi connectivity index (χ3v) is 5.43. The monoisotopic (exact) mass is 359 g/mol. The number of nitrogens with zero attached hydrogens (tertiary/aromatic N) is 4. The van der Waals surface area contributed by atoms with E-state index in [4.69, 9.17) is 0 Å². The first-order valence-electron chi connectivity index (χ1n) is 9.39. The van der Waals surface area contributed by atoms with Crippen LogP contribution in [0.2, 0.25) is 0 Å². The number of fused-ring (bicyclic) bond motifs is 2. The zero-order chi connectivity index (χ0) is 18.4. The van der Waals surface area contributed by atoms with E-state index < -0.39 is 0 Å². The largest absolute Gasteiger partial charge is 0.350 e. The van der Waals surface area contributed by atoms with E-state index >= 15 is 0 Å². The second-order valence-electron chi connectivity index (χ2n) is 7.21. The van der Waals surface area contributed by atoms with Crippen molar-refractivity contribution >= 4 is 28.0 Å². The molecule has 1 amide bonds. The Morgan fingerprint density at radius 3 is 2.70 bits per heavy atom. The number of amides is 1. The molecular weight excluding hydrogens is 338 g/mol. The molecule has 3 aromatic heterocycles. The van der Waals surface area contributed by atoms with E-state index in [1.165, 1.54) is 6.42 Å². The lowest BCUT2D eigenvalue weighted by molar-refractivity contribution is 0.0724. The molecule has 4 aromatic rings. The summed E-state index contributed by atoms with van der Waals surface area (Å²) in [5.74, 6) is 0.131. The van der Waals surface area contributed by atoms with Crippen LogP contribution in [0.5, 0.6) is 0 Å². The summed E-state index contributed by atoms with van der Waals surface area (Å²) in [6, 6.07) is 8.01. The highest BCUT2D eigenvalue weighted by Crippen LogP contribution is 2.32. The summed E-state index contributed by atoms with van der Waals surface area (Å²) in [4.78, 5) is 26.9. The smallest absolute Gasteiger partial charge is 0.253 e. The van der Waals surface area contributed by atoms with Gasteiger partial charge in [0, 0.05) is 60.8 Å². The van der Waals surface area contributed by atoms with E-state index in [1.807, 2.05) is 36.2 Å². The molecule has 1 aliphatic rings. The number of likely N-dealkylation sites (tertiary alicyclic amines) is 1. The molecule has 5 rings (SSSR count). The van der Waals surface area contributed by atoms with Gasteiger partial charge in [0.15, 0.2) is 5.65 Å². The summed E-state index contributed by atoms with van der Waals surface area (Å²) in [6.45, 7) is 1.72. The van der Waals surface area contributed by atoms with Crippen LogP contribution in [0.25, 0.3) is 33.3 Å². The molecule has 6 nitrogen and oxygen atoms in total. The third kappa shape index (κ3) is 2.68. The summed E-state index contributed by atoms with van der Waals surface area (Å²) < 4.78 is 2.09. The van der Waals surface area contributed by atoms with Crippen LogP contribution in [0, 0.1) is 0 Å². The molecule has 6 heteroatoms. The molecule has 0 saturated carbocycles. The fourth-order valence-corrected chi connectivity index (χ4v) is 4.02. The molecule has 0 unspecified atom stereocenters. The maximum absolute atomic E-state index is 12.9. The van der Waals surface area contributed by atoms with Crippen LogP contribution in [-0.2, 0) is 7.05 Å². The number of nitrogens with one attached hydrogen (secondary N) is 1. The first-order chi connectivity index (χ1) is 13.2. The molecule has 0 atom stereocenters. The van der Waals surface area contributed by atoms with Crippen LogP contribution in [0.4, 0.5) is 0 Å². The number of aromatic nitrogens is 4. The van der Waals surface area contributed by atoms with Gasteiger partial charge in [0.25, 0.3) is 5.91 Å². The van der Waals surface area contributed by atoms with Crippen LogP contribution in [-0.4, -0.2) is 43.4 Å². The summed E-state index contributed by atoms with van der Waals surface area (Å²) in [7, 11) is 2.02. The van der Waals surface area contributed by atoms with Gasteiger partial charge < -0.3 is 14.5 Å². The van der Waals surface area contributed by atoms with Crippen LogP contribution < -0.4 is 0 Å².